The van der Waals surface area contributed by atoms with E-state index in [-0.39, 0.29) is 11.6 Å². The Morgan fingerprint density at radius 2 is 2.00 bits per heavy atom. The van der Waals surface area contributed by atoms with Crippen molar-refractivity contribution in [3.05, 3.63) is 0 Å². The first-order valence-electron chi connectivity index (χ1n) is 6.09. The number of carbonyl (C=O) groups excluding carboxylic acids is 1. The van der Waals surface area contributed by atoms with Crippen LogP contribution in [0.25, 0.3) is 0 Å². The van der Waals surface area contributed by atoms with Gasteiger partial charge in [0.25, 0.3) is 0 Å². The zero-order valence-corrected chi connectivity index (χ0v) is 9.63. The Balaban J connectivity index is 1.63. The van der Waals surface area contributed by atoms with Crippen LogP contribution in [-0.4, -0.2) is 37.4 Å². The Morgan fingerprint density at radius 1 is 1.31 bits per heavy atom. The number of hydrogen-bond donors (Lipinski definition) is 3. The minimum Gasteiger partial charge on any atom is -0.377 e. The van der Waals surface area contributed by atoms with E-state index >= 15 is 0 Å². The van der Waals surface area contributed by atoms with Gasteiger partial charge in [-0.15, -0.1) is 0 Å². The van der Waals surface area contributed by atoms with Crippen LogP contribution in [0.3, 0.4) is 0 Å². The highest BCUT2D eigenvalue weighted by molar-refractivity contribution is 5.74. The lowest BCUT2D eigenvalue weighted by Crippen LogP contribution is -2.64. The maximum atomic E-state index is 11.6. The number of nitrogens with two attached hydrogens (primary N) is 1. The molecule has 5 nitrogen and oxygen atoms in total. The van der Waals surface area contributed by atoms with E-state index in [4.69, 9.17) is 10.5 Å². The van der Waals surface area contributed by atoms with Crippen molar-refractivity contribution in [1.29, 1.82) is 0 Å². The molecule has 1 aliphatic carbocycles. The van der Waals surface area contributed by atoms with Gasteiger partial charge in [-0.2, -0.15) is 0 Å². The van der Waals surface area contributed by atoms with Crippen LogP contribution in [0.1, 0.15) is 32.1 Å². The normalized spacial score (nSPS) is 24.6. The van der Waals surface area contributed by atoms with Gasteiger partial charge < -0.3 is 21.1 Å². The highest BCUT2D eigenvalue weighted by atomic mass is 16.5. The molecule has 0 aromatic heterocycles. The van der Waals surface area contributed by atoms with Crippen LogP contribution in [0.4, 0.5) is 4.79 Å². The van der Waals surface area contributed by atoms with Gasteiger partial charge in [0.1, 0.15) is 0 Å². The molecule has 1 heterocycles. The first kappa shape index (κ1) is 11.7. The molecule has 16 heavy (non-hydrogen) atoms. The van der Waals surface area contributed by atoms with Crippen molar-refractivity contribution in [2.45, 2.75) is 43.7 Å². The number of urea groups is 1. The monoisotopic (exact) mass is 227 g/mol. The molecule has 0 radical (unpaired) electrons. The summed E-state index contributed by atoms with van der Waals surface area (Å²) in [5.74, 6) is 0. The first-order valence-corrected chi connectivity index (χ1v) is 6.09. The summed E-state index contributed by atoms with van der Waals surface area (Å²) in [6.07, 6.45) is 5.94. The summed E-state index contributed by atoms with van der Waals surface area (Å²) in [6, 6.07) is 0.253. The van der Waals surface area contributed by atoms with Gasteiger partial charge in [-0.25, -0.2) is 4.79 Å². The molecule has 0 aromatic rings. The molecule has 0 spiro atoms. The fourth-order valence-electron chi connectivity index (χ4n) is 2.21. The molecule has 2 amide bonds. The van der Waals surface area contributed by atoms with Gasteiger partial charge in [0.2, 0.25) is 0 Å². The van der Waals surface area contributed by atoms with E-state index in [0.29, 0.717) is 25.8 Å². The van der Waals surface area contributed by atoms with Gasteiger partial charge in [-0.05, 0) is 12.8 Å². The number of carbonyl (C=O) groups is 1. The van der Waals surface area contributed by atoms with Crippen molar-refractivity contribution in [2.75, 3.05) is 19.8 Å². The van der Waals surface area contributed by atoms with Crippen molar-refractivity contribution in [1.82, 2.24) is 10.6 Å². The fourth-order valence-corrected chi connectivity index (χ4v) is 2.21. The van der Waals surface area contributed by atoms with E-state index < -0.39 is 0 Å². The molecule has 0 unspecified atom stereocenters. The zero-order chi connectivity index (χ0) is 11.4. The van der Waals surface area contributed by atoms with E-state index in [9.17, 15) is 4.79 Å². The van der Waals surface area contributed by atoms with Gasteiger partial charge in [0.05, 0.1) is 18.8 Å². The molecular weight excluding hydrogens is 206 g/mol. The number of ether oxygens (including phenoxy) is 1. The molecule has 5 heteroatoms. The molecule has 92 valence electrons. The van der Waals surface area contributed by atoms with E-state index in [1.54, 1.807) is 0 Å². The Morgan fingerprint density at radius 3 is 2.56 bits per heavy atom. The molecule has 2 rings (SSSR count). The Bertz CT molecular complexity index is 248. The average molecular weight is 227 g/mol. The lowest BCUT2D eigenvalue weighted by atomic mass is 9.96. The van der Waals surface area contributed by atoms with Gasteiger partial charge in [0, 0.05) is 12.6 Å². The summed E-state index contributed by atoms with van der Waals surface area (Å²) in [6.45, 7) is 1.57. The molecule has 1 saturated carbocycles. The zero-order valence-electron chi connectivity index (χ0n) is 9.63. The first-order chi connectivity index (χ1) is 7.68. The number of hydrogen-bond acceptors (Lipinski definition) is 3. The van der Waals surface area contributed by atoms with Crippen LogP contribution in [0.5, 0.6) is 0 Å². The Hall–Kier alpha value is -0.810. The molecular formula is C11H21N3O2. The molecule has 2 fully saturated rings. The summed E-state index contributed by atoms with van der Waals surface area (Å²) < 4.78 is 5.02. The van der Waals surface area contributed by atoms with Gasteiger partial charge >= 0.3 is 6.03 Å². The van der Waals surface area contributed by atoms with Gasteiger partial charge in [0.15, 0.2) is 0 Å². The lowest BCUT2D eigenvalue weighted by Gasteiger charge is -2.37. The second-order valence-corrected chi connectivity index (χ2v) is 5.02. The molecule has 0 atom stereocenters. The second-order valence-electron chi connectivity index (χ2n) is 5.02. The SMILES string of the molecule is NC1(CNC(=O)NC2CCCCC2)COC1. The molecule has 0 aromatic carbocycles. The Kier molecular flexibility index (Phi) is 3.66. The molecule has 2 aliphatic rings. The van der Waals surface area contributed by atoms with E-state index in [2.05, 4.69) is 10.6 Å². The standard InChI is InChI=1S/C11H21N3O2/c12-11(7-16-8-11)6-13-10(15)14-9-4-2-1-3-5-9/h9H,1-8,12H2,(H2,13,14,15). The van der Waals surface area contributed by atoms with Crippen LogP contribution in [-0.2, 0) is 4.74 Å². The van der Waals surface area contributed by atoms with Crippen LogP contribution < -0.4 is 16.4 Å². The quantitative estimate of drug-likeness (QED) is 0.651. The summed E-state index contributed by atoms with van der Waals surface area (Å²) in [5.41, 5.74) is 5.57. The molecule has 1 saturated heterocycles. The van der Waals surface area contributed by atoms with Crippen LogP contribution in [0.15, 0.2) is 0 Å². The fraction of sp³-hybridized carbons (Fsp3) is 0.909. The predicted molar refractivity (Wildman–Crippen MR) is 61.1 cm³/mol. The van der Waals surface area contributed by atoms with Gasteiger partial charge in [-0.1, -0.05) is 19.3 Å². The third-order valence-corrected chi connectivity index (χ3v) is 3.32. The van der Waals surface area contributed by atoms with Crippen LogP contribution >= 0.6 is 0 Å². The Labute approximate surface area is 96.1 Å². The highest BCUT2D eigenvalue weighted by Gasteiger charge is 2.34. The minimum atomic E-state index is -0.343. The smallest absolute Gasteiger partial charge is 0.315 e. The third kappa shape index (κ3) is 3.09. The maximum Gasteiger partial charge on any atom is 0.315 e. The average Bonchev–Trinajstić information content (AvgIpc) is 2.25. The van der Waals surface area contributed by atoms with E-state index in [1.165, 1.54) is 19.3 Å². The lowest BCUT2D eigenvalue weighted by molar-refractivity contribution is -0.0508. The van der Waals surface area contributed by atoms with Crippen LogP contribution in [0, 0.1) is 0 Å². The van der Waals surface area contributed by atoms with Crippen molar-refractivity contribution in [2.24, 2.45) is 5.73 Å². The molecule has 1 aliphatic heterocycles. The van der Waals surface area contributed by atoms with Crippen molar-refractivity contribution in [3.63, 3.8) is 0 Å². The molecule has 4 N–H and O–H groups in total. The summed E-state index contributed by atoms with van der Waals surface area (Å²) >= 11 is 0. The number of nitrogens with one attached hydrogen (secondary N) is 2. The third-order valence-electron chi connectivity index (χ3n) is 3.32. The number of amides is 2. The predicted octanol–water partition coefficient (Wildman–Crippen LogP) is 0.346. The van der Waals surface area contributed by atoms with Gasteiger partial charge in [-0.3, -0.25) is 0 Å². The van der Waals surface area contributed by atoms with Crippen molar-refractivity contribution >= 4 is 6.03 Å². The van der Waals surface area contributed by atoms with E-state index in [1.807, 2.05) is 0 Å². The van der Waals surface area contributed by atoms with Crippen molar-refractivity contribution in [3.8, 4) is 0 Å². The second kappa shape index (κ2) is 5.01. The molecule has 0 bridgehead atoms. The minimum absolute atomic E-state index is 0.0939. The highest BCUT2D eigenvalue weighted by Crippen LogP contribution is 2.17. The summed E-state index contributed by atoms with van der Waals surface area (Å²) in [5, 5.41) is 5.81. The summed E-state index contributed by atoms with van der Waals surface area (Å²) in [7, 11) is 0. The maximum absolute atomic E-state index is 11.6. The number of rotatable bonds is 3. The van der Waals surface area contributed by atoms with Crippen LogP contribution in [0.2, 0.25) is 0 Å². The topological polar surface area (TPSA) is 76.4 Å². The largest absolute Gasteiger partial charge is 0.377 e. The van der Waals surface area contributed by atoms with E-state index in [0.717, 1.165) is 12.8 Å². The van der Waals surface area contributed by atoms with Crippen molar-refractivity contribution < 1.29 is 9.53 Å². The summed E-state index contributed by atoms with van der Waals surface area (Å²) in [4.78, 5) is 11.6.